The molecule has 6 heteroatoms. The molecule has 0 saturated carbocycles. The Hall–Kier alpha value is -0.170. The fourth-order valence-corrected chi connectivity index (χ4v) is 3.68. The lowest BCUT2D eigenvalue weighted by atomic mass is 9.88. The summed E-state index contributed by atoms with van der Waals surface area (Å²) in [5.41, 5.74) is -0.0448. The third-order valence-corrected chi connectivity index (χ3v) is 6.00. The van der Waals surface area contributed by atoms with Gasteiger partial charge in [-0.15, -0.1) is 0 Å². The predicted molar refractivity (Wildman–Crippen MR) is 79.8 cm³/mol. The summed E-state index contributed by atoms with van der Waals surface area (Å²) in [6.07, 6.45) is 0. The molecular formula is C13H29N3O2S. The molecule has 1 saturated heterocycles. The van der Waals surface area contributed by atoms with Crippen LogP contribution >= 0.6 is 0 Å². The van der Waals surface area contributed by atoms with Gasteiger partial charge in [0, 0.05) is 45.8 Å². The first-order chi connectivity index (χ1) is 8.64. The third-order valence-electron chi connectivity index (χ3n) is 4.11. The lowest BCUT2D eigenvalue weighted by molar-refractivity contribution is 0.213. The van der Waals surface area contributed by atoms with Gasteiger partial charge in [-0.25, -0.2) is 12.7 Å². The average molecular weight is 291 g/mol. The molecule has 0 radical (unpaired) electrons. The van der Waals surface area contributed by atoms with Crippen LogP contribution in [0.3, 0.4) is 0 Å². The lowest BCUT2D eigenvalue weighted by Crippen LogP contribution is -2.48. The molecule has 1 N–H and O–H groups in total. The van der Waals surface area contributed by atoms with E-state index in [0.717, 1.165) is 26.2 Å². The quantitative estimate of drug-likeness (QED) is 0.805. The van der Waals surface area contributed by atoms with Crippen molar-refractivity contribution in [1.29, 1.82) is 0 Å². The molecule has 0 bridgehead atoms. The van der Waals surface area contributed by atoms with Crippen LogP contribution in [-0.2, 0) is 10.0 Å². The van der Waals surface area contributed by atoms with Crippen molar-refractivity contribution >= 4 is 10.0 Å². The van der Waals surface area contributed by atoms with E-state index in [1.165, 1.54) is 4.31 Å². The van der Waals surface area contributed by atoms with Gasteiger partial charge in [0.15, 0.2) is 0 Å². The topological polar surface area (TPSA) is 52.7 Å². The van der Waals surface area contributed by atoms with E-state index in [9.17, 15) is 8.42 Å². The fourth-order valence-electron chi connectivity index (χ4n) is 2.11. The highest BCUT2D eigenvalue weighted by molar-refractivity contribution is 7.89. The number of hydrogen-bond acceptors (Lipinski definition) is 4. The largest absolute Gasteiger partial charge is 0.314 e. The Morgan fingerprint density at radius 1 is 1.26 bits per heavy atom. The number of hydrogen-bond donors (Lipinski definition) is 1. The van der Waals surface area contributed by atoms with Crippen LogP contribution in [0.5, 0.6) is 0 Å². The van der Waals surface area contributed by atoms with Crippen LogP contribution in [0.1, 0.15) is 27.7 Å². The van der Waals surface area contributed by atoms with Crippen LogP contribution in [-0.4, -0.2) is 69.2 Å². The molecule has 5 nitrogen and oxygen atoms in total. The van der Waals surface area contributed by atoms with Crippen LogP contribution < -0.4 is 5.32 Å². The van der Waals surface area contributed by atoms with E-state index in [1.54, 1.807) is 7.05 Å². The minimum absolute atomic E-state index is 0.000484. The Labute approximate surface area is 118 Å². The summed E-state index contributed by atoms with van der Waals surface area (Å²) < 4.78 is 26.2. The monoisotopic (exact) mass is 291 g/mol. The summed E-state index contributed by atoms with van der Waals surface area (Å²) in [6.45, 7) is 12.6. The summed E-state index contributed by atoms with van der Waals surface area (Å²) in [4.78, 5) is 2.21. The van der Waals surface area contributed by atoms with Crippen molar-refractivity contribution in [2.75, 3.05) is 45.5 Å². The molecular weight excluding hydrogens is 262 g/mol. The summed E-state index contributed by atoms with van der Waals surface area (Å²) in [7, 11) is -1.47. The van der Waals surface area contributed by atoms with Gasteiger partial charge < -0.3 is 5.32 Å². The first kappa shape index (κ1) is 16.9. The van der Waals surface area contributed by atoms with Crippen molar-refractivity contribution < 1.29 is 8.42 Å². The summed E-state index contributed by atoms with van der Waals surface area (Å²) in [6, 6.07) is 0.000484. The molecule has 1 aliphatic heterocycles. The van der Waals surface area contributed by atoms with E-state index in [-0.39, 0.29) is 17.2 Å². The smallest absolute Gasteiger partial charge is 0.215 e. The van der Waals surface area contributed by atoms with Gasteiger partial charge in [0.2, 0.25) is 10.0 Å². The van der Waals surface area contributed by atoms with Crippen molar-refractivity contribution in [2.45, 2.75) is 33.7 Å². The van der Waals surface area contributed by atoms with E-state index < -0.39 is 10.0 Å². The second kappa shape index (κ2) is 6.52. The standard InChI is InChI=1S/C13H29N3O2S/c1-12(13(2,3)4)15(5)19(17,18)11-10-16-8-6-14-7-9-16/h12,14H,6-11H2,1-5H3. The maximum Gasteiger partial charge on any atom is 0.215 e. The van der Waals surface area contributed by atoms with Gasteiger partial charge in [0.05, 0.1) is 5.75 Å². The van der Waals surface area contributed by atoms with Gasteiger partial charge in [0.25, 0.3) is 0 Å². The van der Waals surface area contributed by atoms with E-state index >= 15 is 0 Å². The Kier molecular flexibility index (Phi) is 5.79. The molecule has 1 heterocycles. The van der Waals surface area contributed by atoms with Gasteiger partial charge >= 0.3 is 0 Å². The first-order valence-electron chi connectivity index (χ1n) is 7.03. The van der Waals surface area contributed by atoms with Crippen LogP contribution in [0.4, 0.5) is 0 Å². The highest BCUT2D eigenvalue weighted by Gasteiger charge is 2.31. The Morgan fingerprint density at radius 2 is 1.79 bits per heavy atom. The first-order valence-corrected chi connectivity index (χ1v) is 8.64. The molecule has 114 valence electrons. The number of rotatable bonds is 5. The minimum atomic E-state index is -3.17. The molecule has 0 aromatic rings. The molecule has 1 rings (SSSR count). The Morgan fingerprint density at radius 3 is 2.26 bits per heavy atom. The molecule has 1 aliphatic rings. The Bertz CT molecular complexity index is 370. The fraction of sp³-hybridized carbons (Fsp3) is 1.00. The van der Waals surface area contributed by atoms with E-state index in [0.29, 0.717) is 6.54 Å². The van der Waals surface area contributed by atoms with Crippen LogP contribution in [0, 0.1) is 5.41 Å². The number of sulfonamides is 1. The van der Waals surface area contributed by atoms with E-state index in [2.05, 4.69) is 31.0 Å². The average Bonchev–Trinajstić information content (AvgIpc) is 2.35. The second-order valence-electron chi connectivity index (χ2n) is 6.47. The van der Waals surface area contributed by atoms with Crippen molar-refractivity contribution in [3.05, 3.63) is 0 Å². The van der Waals surface area contributed by atoms with Gasteiger partial charge in [-0.2, -0.15) is 0 Å². The molecule has 0 aliphatic carbocycles. The zero-order valence-corrected chi connectivity index (χ0v) is 13.8. The predicted octanol–water partition coefficient (Wildman–Crippen LogP) is 0.588. The van der Waals surface area contributed by atoms with Gasteiger partial charge in [-0.3, -0.25) is 4.90 Å². The number of piperazine rings is 1. The molecule has 19 heavy (non-hydrogen) atoms. The molecule has 1 atom stereocenters. The summed E-state index contributed by atoms with van der Waals surface area (Å²) in [5.74, 6) is 0.212. The number of nitrogens with one attached hydrogen (secondary N) is 1. The number of nitrogens with zero attached hydrogens (tertiary/aromatic N) is 2. The maximum atomic E-state index is 12.3. The van der Waals surface area contributed by atoms with Crippen molar-refractivity contribution in [2.24, 2.45) is 5.41 Å². The molecule has 1 unspecified atom stereocenters. The minimum Gasteiger partial charge on any atom is -0.314 e. The molecule has 0 aromatic carbocycles. The Balaban J connectivity index is 2.55. The van der Waals surface area contributed by atoms with Crippen LogP contribution in [0.25, 0.3) is 0 Å². The lowest BCUT2D eigenvalue weighted by Gasteiger charge is -2.35. The SMILES string of the molecule is CC(N(C)S(=O)(=O)CCN1CCNCC1)C(C)(C)C. The molecule has 0 amide bonds. The van der Waals surface area contributed by atoms with Gasteiger partial charge in [-0.05, 0) is 12.3 Å². The molecule has 0 aromatic heterocycles. The summed E-state index contributed by atoms with van der Waals surface area (Å²) in [5, 5.41) is 3.27. The normalized spacial score (nSPS) is 20.7. The third kappa shape index (κ3) is 5.02. The van der Waals surface area contributed by atoms with Crippen LogP contribution in [0.2, 0.25) is 0 Å². The van der Waals surface area contributed by atoms with E-state index in [1.807, 2.05) is 6.92 Å². The second-order valence-corrected chi connectivity index (χ2v) is 8.61. The van der Waals surface area contributed by atoms with Gasteiger partial charge in [-0.1, -0.05) is 20.8 Å². The zero-order chi connectivity index (χ0) is 14.7. The highest BCUT2D eigenvalue weighted by atomic mass is 32.2. The van der Waals surface area contributed by atoms with Crippen molar-refractivity contribution in [1.82, 2.24) is 14.5 Å². The molecule has 0 spiro atoms. The maximum absolute atomic E-state index is 12.3. The molecule has 1 fully saturated rings. The van der Waals surface area contributed by atoms with Crippen molar-refractivity contribution in [3.8, 4) is 0 Å². The van der Waals surface area contributed by atoms with Crippen molar-refractivity contribution in [3.63, 3.8) is 0 Å². The van der Waals surface area contributed by atoms with E-state index in [4.69, 9.17) is 0 Å². The van der Waals surface area contributed by atoms with Crippen LogP contribution in [0.15, 0.2) is 0 Å². The zero-order valence-electron chi connectivity index (χ0n) is 12.9. The summed E-state index contributed by atoms with van der Waals surface area (Å²) >= 11 is 0. The van der Waals surface area contributed by atoms with Gasteiger partial charge in [0.1, 0.15) is 0 Å². The highest BCUT2D eigenvalue weighted by Crippen LogP contribution is 2.24.